The summed E-state index contributed by atoms with van der Waals surface area (Å²) in [6.07, 6.45) is 2.75. The van der Waals surface area contributed by atoms with Crippen molar-refractivity contribution in [1.82, 2.24) is 14.5 Å². The molecule has 0 radical (unpaired) electrons. The minimum atomic E-state index is -0.308. The first kappa shape index (κ1) is 24.0. The minimum Gasteiger partial charge on any atom is -0.369 e. The Bertz CT molecular complexity index is 1030. The average molecular weight is 461 g/mol. The summed E-state index contributed by atoms with van der Waals surface area (Å²) in [5.74, 6) is 0.0282. The number of primary amides is 1. The summed E-state index contributed by atoms with van der Waals surface area (Å²) in [6, 6.07) is 6.11. The first-order chi connectivity index (χ1) is 15.3. The maximum atomic E-state index is 13.1. The van der Waals surface area contributed by atoms with Crippen molar-refractivity contribution in [2.24, 2.45) is 18.7 Å². The fourth-order valence-electron chi connectivity index (χ4n) is 3.83. The molecule has 172 valence electrons. The molecule has 0 unspecified atom stereocenters. The van der Waals surface area contributed by atoms with Crippen LogP contribution >= 0.6 is 11.8 Å². The van der Waals surface area contributed by atoms with Crippen molar-refractivity contribution in [3.8, 4) is 0 Å². The van der Waals surface area contributed by atoms with Crippen molar-refractivity contribution >= 4 is 23.6 Å². The Balaban J connectivity index is 1.52. The zero-order valence-corrected chi connectivity index (χ0v) is 19.3. The maximum absolute atomic E-state index is 13.1. The smallest absolute Gasteiger partial charge is 0.257 e. The van der Waals surface area contributed by atoms with Crippen LogP contribution in [0.4, 0.5) is 4.39 Å². The van der Waals surface area contributed by atoms with E-state index in [9.17, 15) is 18.8 Å². The van der Waals surface area contributed by atoms with E-state index in [1.54, 1.807) is 24.1 Å². The third-order valence-electron chi connectivity index (χ3n) is 5.86. The second-order valence-electron chi connectivity index (χ2n) is 8.14. The number of carbonyl (C=O) groups excluding carboxylic acids is 2. The van der Waals surface area contributed by atoms with E-state index >= 15 is 0 Å². The van der Waals surface area contributed by atoms with E-state index in [4.69, 9.17) is 5.73 Å². The fourth-order valence-corrected chi connectivity index (χ4v) is 4.78. The number of thioether (sulfide) groups is 1. The topological polar surface area (TPSA) is 98.3 Å². The van der Waals surface area contributed by atoms with Gasteiger partial charge in [-0.05, 0) is 43.9 Å². The summed E-state index contributed by atoms with van der Waals surface area (Å²) >= 11 is 1.46. The molecule has 1 saturated heterocycles. The largest absolute Gasteiger partial charge is 0.369 e. The Kier molecular flexibility index (Phi) is 8.06. The molecule has 0 saturated carbocycles. The summed E-state index contributed by atoms with van der Waals surface area (Å²) in [7, 11) is 1.69. The van der Waals surface area contributed by atoms with Crippen molar-refractivity contribution in [2.45, 2.75) is 44.2 Å². The van der Waals surface area contributed by atoms with E-state index in [0.29, 0.717) is 67.4 Å². The number of aromatic nitrogens is 2. The van der Waals surface area contributed by atoms with E-state index in [-0.39, 0.29) is 29.1 Å². The predicted octanol–water partition coefficient (Wildman–Crippen LogP) is 2.41. The van der Waals surface area contributed by atoms with Crippen LogP contribution in [0.15, 0.2) is 34.2 Å². The number of hydrogen-bond donors (Lipinski definition) is 1. The van der Waals surface area contributed by atoms with Gasteiger partial charge in [-0.2, -0.15) is 0 Å². The number of aryl methyl sites for hydroxylation is 1. The molecule has 1 aromatic heterocycles. The predicted molar refractivity (Wildman–Crippen MR) is 122 cm³/mol. The highest BCUT2D eigenvalue weighted by atomic mass is 32.2. The standard InChI is InChI=1S/C23H29FN4O3S/c1-15-19(14-16-5-7-18(24)8-6-16)22(31)27(2)23(26-15)32-13-3-4-20(29)28-11-9-17(10-12-28)21(25)30/h5-8,17H,3-4,9-14H2,1-2H3,(H2,25,30). The first-order valence-electron chi connectivity index (χ1n) is 10.8. The second kappa shape index (κ2) is 10.8. The summed E-state index contributed by atoms with van der Waals surface area (Å²) in [5.41, 5.74) is 7.34. The van der Waals surface area contributed by atoms with Gasteiger partial charge in [-0.1, -0.05) is 23.9 Å². The van der Waals surface area contributed by atoms with Gasteiger partial charge in [0.2, 0.25) is 11.8 Å². The van der Waals surface area contributed by atoms with Crippen molar-refractivity contribution in [1.29, 1.82) is 0 Å². The van der Waals surface area contributed by atoms with E-state index in [2.05, 4.69) is 4.98 Å². The van der Waals surface area contributed by atoms with Gasteiger partial charge in [0.1, 0.15) is 5.82 Å². The van der Waals surface area contributed by atoms with Crippen molar-refractivity contribution in [3.05, 3.63) is 57.3 Å². The molecule has 0 aliphatic carbocycles. The number of carbonyl (C=O) groups is 2. The number of benzene rings is 1. The van der Waals surface area contributed by atoms with Gasteiger partial charge in [0, 0.05) is 55.9 Å². The van der Waals surface area contributed by atoms with Gasteiger partial charge in [-0.3, -0.25) is 19.0 Å². The Morgan fingerprint density at radius 1 is 1.22 bits per heavy atom. The minimum absolute atomic E-state index is 0.0844. The van der Waals surface area contributed by atoms with Crippen molar-refractivity contribution < 1.29 is 14.0 Å². The van der Waals surface area contributed by atoms with E-state index in [1.807, 2.05) is 6.92 Å². The maximum Gasteiger partial charge on any atom is 0.257 e. The lowest BCUT2D eigenvalue weighted by Crippen LogP contribution is -2.41. The molecule has 32 heavy (non-hydrogen) atoms. The van der Waals surface area contributed by atoms with Gasteiger partial charge >= 0.3 is 0 Å². The number of likely N-dealkylation sites (tertiary alicyclic amines) is 1. The molecule has 0 atom stereocenters. The number of amides is 2. The highest BCUT2D eigenvalue weighted by molar-refractivity contribution is 7.99. The third-order valence-corrected chi connectivity index (χ3v) is 6.98. The van der Waals surface area contributed by atoms with Crippen molar-refractivity contribution in [2.75, 3.05) is 18.8 Å². The Morgan fingerprint density at radius 2 is 1.88 bits per heavy atom. The molecule has 1 fully saturated rings. The molecular formula is C23H29FN4O3S. The monoisotopic (exact) mass is 460 g/mol. The number of nitrogens with zero attached hydrogens (tertiary/aromatic N) is 3. The van der Waals surface area contributed by atoms with Crippen LogP contribution in [0, 0.1) is 18.7 Å². The van der Waals surface area contributed by atoms with Gasteiger partial charge in [-0.25, -0.2) is 9.37 Å². The van der Waals surface area contributed by atoms with E-state index in [1.165, 1.54) is 28.5 Å². The lowest BCUT2D eigenvalue weighted by atomic mass is 9.96. The number of piperidine rings is 1. The molecule has 9 heteroatoms. The third kappa shape index (κ3) is 5.97. The lowest BCUT2D eigenvalue weighted by Gasteiger charge is -2.30. The van der Waals surface area contributed by atoms with Crippen LogP contribution in [0.5, 0.6) is 0 Å². The molecule has 2 heterocycles. The van der Waals surface area contributed by atoms with Crippen LogP contribution < -0.4 is 11.3 Å². The molecule has 2 aromatic rings. The number of nitrogens with two attached hydrogens (primary N) is 1. The summed E-state index contributed by atoms with van der Waals surface area (Å²) in [6.45, 7) is 2.96. The molecule has 1 aliphatic rings. The van der Waals surface area contributed by atoms with Crippen LogP contribution in [0.1, 0.15) is 42.5 Å². The number of halogens is 1. The summed E-state index contributed by atoms with van der Waals surface area (Å²) in [4.78, 5) is 42.9. The molecule has 3 rings (SSSR count). The molecular weight excluding hydrogens is 431 g/mol. The first-order valence-corrected chi connectivity index (χ1v) is 11.8. The molecule has 1 aromatic carbocycles. The Morgan fingerprint density at radius 3 is 2.50 bits per heavy atom. The SMILES string of the molecule is Cc1nc(SCCCC(=O)N2CCC(C(N)=O)CC2)n(C)c(=O)c1Cc1ccc(F)cc1. The van der Waals surface area contributed by atoms with Crippen LogP contribution in [-0.2, 0) is 23.1 Å². The molecule has 0 spiro atoms. The van der Waals surface area contributed by atoms with Gasteiger partial charge in [0.15, 0.2) is 5.16 Å². The van der Waals surface area contributed by atoms with E-state index in [0.717, 1.165) is 5.56 Å². The van der Waals surface area contributed by atoms with Gasteiger partial charge < -0.3 is 10.6 Å². The van der Waals surface area contributed by atoms with Gasteiger partial charge in [0.25, 0.3) is 5.56 Å². The van der Waals surface area contributed by atoms with Crippen LogP contribution in [-0.4, -0.2) is 45.1 Å². The summed E-state index contributed by atoms with van der Waals surface area (Å²) in [5, 5.41) is 0.616. The quantitative estimate of drug-likeness (QED) is 0.371. The van der Waals surface area contributed by atoms with Crippen molar-refractivity contribution in [3.63, 3.8) is 0 Å². The van der Waals surface area contributed by atoms with Gasteiger partial charge in [-0.15, -0.1) is 0 Å². The fraction of sp³-hybridized carbons (Fsp3) is 0.478. The van der Waals surface area contributed by atoms with Crippen LogP contribution in [0.25, 0.3) is 0 Å². The molecule has 7 nitrogen and oxygen atoms in total. The highest BCUT2D eigenvalue weighted by Crippen LogP contribution is 2.20. The highest BCUT2D eigenvalue weighted by Gasteiger charge is 2.25. The molecule has 1 aliphatic heterocycles. The van der Waals surface area contributed by atoms with Crippen LogP contribution in [0.2, 0.25) is 0 Å². The van der Waals surface area contributed by atoms with Gasteiger partial charge in [0.05, 0.1) is 0 Å². The second-order valence-corrected chi connectivity index (χ2v) is 9.20. The molecule has 2 N–H and O–H groups in total. The van der Waals surface area contributed by atoms with Crippen LogP contribution in [0.3, 0.4) is 0 Å². The number of hydrogen-bond acceptors (Lipinski definition) is 5. The molecule has 2 amide bonds. The number of rotatable bonds is 8. The normalized spacial score (nSPS) is 14.5. The average Bonchev–Trinajstić information content (AvgIpc) is 2.78. The summed E-state index contributed by atoms with van der Waals surface area (Å²) < 4.78 is 14.7. The Labute approximate surface area is 191 Å². The zero-order chi connectivity index (χ0) is 23.3. The van der Waals surface area contributed by atoms with E-state index < -0.39 is 0 Å². The lowest BCUT2D eigenvalue weighted by molar-refractivity contribution is -0.134. The molecule has 0 bridgehead atoms. The Hall–Kier alpha value is -2.68. The zero-order valence-electron chi connectivity index (χ0n) is 18.5.